The molecule has 128 valence electrons. The molecular formula is C20H13ClN2O3. The molecule has 0 saturated heterocycles. The van der Waals surface area contributed by atoms with E-state index in [1.54, 1.807) is 18.2 Å². The number of nitriles is 1. The summed E-state index contributed by atoms with van der Waals surface area (Å²) in [6, 6.07) is 17.4. The lowest BCUT2D eigenvalue weighted by Gasteiger charge is -2.01. The fraction of sp³-hybridized carbons (Fsp3) is 0.0500. The van der Waals surface area contributed by atoms with Crippen molar-refractivity contribution in [2.24, 2.45) is 0 Å². The van der Waals surface area contributed by atoms with Crippen LogP contribution in [0.15, 0.2) is 59.0 Å². The van der Waals surface area contributed by atoms with E-state index in [0.29, 0.717) is 22.7 Å². The molecule has 0 fully saturated rings. The van der Waals surface area contributed by atoms with Crippen LogP contribution in [0.3, 0.4) is 0 Å². The van der Waals surface area contributed by atoms with E-state index >= 15 is 0 Å². The Hall–Kier alpha value is -3.36. The molecule has 0 aliphatic carbocycles. The third-order valence-corrected chi connectivity index (χ3v) is 4.14. The van der Waals surface area contributed by atoms with Crippen LogP contribution in [0.5, 0.6) is 0 Å². The number of non-ortho nitro benzene ring substituents is 1. The first kappa shape index (κ1) is 17.5. The van der Waals surface area contributed by atoms with E-state index in [4.69, 9.17) is 16.0 Å². The first-order valence-corrected chi connectivity index (χ1v) is 8.08. The van der Waals surface area contributed by atoms with Crippen LogP contribution in [0.2, 0.25) is 5.02 Å². The van der Waals surface area contributed by atoms with Crippen LogP contribution in [0.25, 0.3) is 23.0 Å². The number of halogens is 1. The van der Waals surface area contributed by atoms with Gasteiger partial charge in [0, 0.05) is 17.7 Å². The van der Waals surface area contributed by atoms with Gasteiger partial charge in [-0.3, -0.25) is 10.1 Å². The summed E-state index contributed by atoms with van der Waals surface area (Å²) in [6.07, 6.45) is 1.65. The highest BCUT2D eigenvalue weighted by Gasteiger charge is 2.13. The molecule has 6 heteroatoms. The van der Waals surface area contributed by atoms with E-state index in [1.165, 1.54) is 18.2 Å². The number of furan rings is 1. The van der Waals surface area contributed by atoms with E-state index in [0.717, 1.165) is 11.1 Å². The molecule has 0 aliphatic rings. The monoisotopic (exact) mass is 364 g/mol. The van der Waals surface area contributed by atoms with E-state index in [2.05, 4.69) is 6.07 Å². The van der Waals surface area contributed by atoms with Crippen LogP contribution in [0.1, 0.15) is 16.9 Å². The molecular weight excluding hydrogens is 352 g/mol. The molecule has 0 spiro atoms. The van der Waals surface area contributed by atoms with Crippen molar-refractivity contribution in [1.29, 1.82) is 5.26 Å². The number of hydrogen-bond donors (Lipinski definition) is 0. The lowest BCUT2D eigenvalue weighted by Crippen LogP contribution is -1.88. The fourth-order valence-electron chi connectivity index (χ4n) is 2.45. The van der Waals surface area contributed by atoms with Gasteiger partial charge < -0.3 is 4.42 Å². The topological polar surface area (TPSA) is 80.1 Å². The average molecular weight is 365 g/mol. The van der Waals surface area contributed by atoms with Gasteiger partial charge in [-0.2, -0.15) is 5.26 Å². The highest BCUT2D eigenvalue weighted by atomic mass is 35.5. The molecule has 5 nitrogen and oxygen atoms in total. The maximum atomic E-state index is 10.8. The molecule has 1 heterocycles. The molecule has 1 aromatic heterocycles. The summed E-state index contributed by atoms with van der Waals surface area (Å²) in [5, 5.41) is 20.4. The van der Waals surface area contributed by atoms with Crippen molar-refractivity contribution in [3.8, 4) is 17.4 Å². The molecule has 0 radical (unpaired) electrons. The van der Waals surface area contributed by atoms with Gasteiger partial charge in [-0.1, -0.05) is 41.4 Å². The van der Waals surface area contributed by atoms with Crippen molar-refractivity contribution in [2.45, 2.75) is 6.92 Å². The fourth-order valence-corrected chi connectivity index (χ4v) is 2.72. The van der Waals surface area contributed by atoms with E-state index in [-0.39, 0.29) is 10.7 Å². The van der Waals surface area contributed by atoms with Crippen molar-refractivity contribution < 1.29 is 9.34 Å². The van der Waals surface area contributed by atoms with Gasteiger partial charge in [-0.15, -0.1) is 0 Å². The second-order valence-corrected chi connectivity index (χ2v) is 6.07. The Morgan fingerprint density at radius 1 is 1.19 bits per heavy atom. The summed E-state index contributed by atoms with van der Waals surface area (Å²) >= 11 is 6.13. The lowest BCUT2D eigenvalue weighted by atomic mass is 10.0. The molecule has 3 aromatic rings. The first-order valence-electron chi connectivity index (χ1n) is 7.71. The Bertz CT molecular complexity index is 1040. The average Bonchev–Trinajstić information content (AvgIpc) is 3.08. The first-order chi connectivity index (χ1) is 12.5. The zero-order chi connectivity index (χ0) is 18.7. The van der Waals surface area contributed by atoms with Gasteiger partial charge in [0.05, 0.1) is 21.6 Å². The molecule has 26 heavy (non-hydrogen) atoms. The van der Waals surface area contributed by atoms with E-state index in [9.17, 15) is 15.4 Å². The van der Waals surface area contributed by atoms with Gasteiger partial charge in [-0.05, 0) is 36.8 Å². The number of nitrogens with zero attached hydrogens (tertiary/aromatic N) is 2. The largest absolute Gasteiger partial charge is 0.457 e. The van der Waals surface area contributed by atoms with E-state index in [1.807, 2.05) is 31.2 Å². The zero-order valence-corrected chi connectivity index (χ0v) is 14.5. The Morgan fingerprint density at radius 2 is 1.92 bits per heavy atom. The van der Waals surface area contributed by atoms with E-state index < -0.39 is 4.92 Å². The standard InChI is InChI=1S/C20H13ClN2O3/c1-13-2-4-14(5-3-13)15(12-22)10-17-7-9-20(26-17)18-8-6-16(23(24)25)11-19(18)21/h2-11H,1H3/b15-10-. The van der Waals surface area contributed by atoms with Gasteiger partial charge in [0.15, 0.2) is 0 Å². The second kappa shape index (κ2) is 7.26. The summed E-state index contributed by atoms with van der Waals surface area (Å²) in [5.41, 5.74) is 2.84. The number of nitro benzene ring substituents is 1. The van der Waals surface area contributed by atoms with Crippen LogP contribution in [0.4, 0.5) is 5.69 Å². The lowest BCUT2D eigenvalue weighted by molar-refractivity contribution is -0.384. The minimum Gasteiger partial charge on any atom is -0.457 e. The summed E-state index contributed by atoms with van der Waals surface area (Å²) in [7, 11) is 0. The van der Waals surface area contributed by atoms with Crippen molar-refractivity contribution >= 4 is 28.9 Å². The highest BCUT2D eigenvalue weighted by Crippen LogP contribution is 2.33. The SMILES string of the molecule is Cc1ccc(/C(C#N)=C\c2ccc(-c3ccc([N+](=O)[O-])cc3Cl)o2)cc1. The zero-order valence-electron chi connectivity index (χ0n) is 13.8. The van der Waals surface area contributed by atoms with Crippen LogP contribution in [0, 0.1) is 28.4 Å². The third kappa shape index (κ3) is 3.66. The summed E-state index contributed by atoms with van der Waals surface area (Å²) in [4.78, 5) is 10.3. The Kier molecular flexibility index (Phi) is 4.87. The Balaban J connectivity index is 1.93. The molecule has 0 aliphatic heterocycles. The van der Waals surface area contributed by atoms with Crippen LogP contribution in [-0.2, 0) is 0 Å². The number of rotatable bonds is 4. The maximum Gasteiger partial charge on any atom is 0.270 e. The van der Waals surface area contributed by atoms with Gasteiger partial charge in [0.25, 0.3) is 5.69 Å². The quantitative estimate of drug-likeness (QED) is 0.329. The Morgan fingerprint density at radius 3 is 2.54 bits per heavy atom. The normalized spacial score (nSPS) is 11.2. The Labute approximate surface area is 154 Å². The van der Waals surface area contributed by atoms with Gasteiger partial charge in [0.1, 0.15) is 11.5 Å². The molecule has 0 bridgehead atoms. The minimum absolute atomic E-state index is 0.0865. The number of nitro groups is 1. The van der Waals surface area contributed by atoms with Gasteiger partial charge >= 0.3 is 0 Å². The molecule has 0 N–H and O–H groups in total. The minimum atomic E-state index is -0.507. The number of hydrogen-bond acceptors (Lipinski definition) is 4. The van der Waals surface area contributed by atoms with Crippen molar-refractivity contribution in [3.63, 3.8) is 0 Å². The van der Waals surface area contributed by atoms with Gasteiger partial charge in [0.2, 0.25) is 0 Å². The van der Waals surface area contributed by atoms with Gasteiger partial charge in [-0.25, -0.2) is 0 Å². The molecule has 0 atom stereocenters. The number of benzene rings is 2. The number of aryl methyl sites for hydroxylation is 1. The molecule has 3 rings (SSSR count). The smallest absolute Gasteiger partial charge is 0.270 e. The molecule has 0 saturated carbocycles. The second-order valence-electron chi connectivity index (χ2n) is 5.66. The maximum absolute atomic E-state index is 10.8. The van der Waals surface area contributed by atoms with Crippen molar-refractivity contribution in [1.82, 2.24) is 0 Å². The summed E-state index contributed by atoms with van der Waals surface area (Å²) < 4.78 is 5.75. The van der Waals surface area contributed by atoms with Crippen LogP contribution < -0.4 is 0 Å². The van der Waals surface area contributed by atoms with Crippen molar-refractivity contribution in [2.75, 3.05) is 0 Å². The van der Waals surface area contributed by atoms with Crippen molar-refractivity contribution in [3.05, 3.63) is 86.6 Å². The summed E-state index contributed by atoms with van der Waals surface area (Å²) in [5.74, 6) is 0.962. The molecule has 2 aromatic carbocycles. The predicted molar refractivity (Wildman–Crippen MR) is 100 cm³/mol. The van der Waals surface area contributed by atoms with Crippen LogP contribution >= 0.6 is 11.6 Å². The van der Waals surface area contributed by atoms with Crippen LogP contribution in [-0.4, -0.2) is 4.92 Å². The predicted octanol–water partition coefficient (Wildman–Crippen LogP) is 5.88. The molecule has 0 amide bonds. The number of allylic oxidation sites excluding steroid dienone is 1. The third-order valence-electron chi connectivity index (χ3n) is 3.83. The summed E-state index contributed by atoms with van der Waals surface area (Å²) in [6.45, 7) is 1.98. The highest BCUT2D eigenvalue weighted by molar-refractivity contribution is 6.33. The molecule has 0 unspecified atom stereocenters.